The van der Waals surface area contributed by atoms with E-state index < -0.39 is 0 Å². The number of likely N-dealkylation sites (tertiary alicyclic amines) is 1. The van der Waals surface area contributed by atoms with Gasteiger partial charge >= 0.3 is 0 Å². The van der Waals surface area contributed by atoms with Crippen LogP contribution in [0.2, 0.25) is 0 Å². The van der Waals surface area contributed by atoms with Gasteiger partial charge in [0.2, 0.25) is 0 Å². The van der Waals surface area contributed by atoms with Crippen molar-refractivity contribution in [1.29, 1.82) is 0 Å². The lowest BCUT2D eigenvalue weighted by Gasteiger charge is -2.45. The van der Waals surface area contributed by atoms with Gasteiger partial charge < -0.3 is 15.0 Å². The van der Waals surface area contributed by atoms with Crippen molar-refractivity contribution in [2.75, 3.05) is 46.4 Å². The van der Waals surface area contributed by atoms with E-state index in [1.807, 2.05) is 0 Å². The molecule has 0 amide bonds. The predicted octanol–water partition coefficient (Wildman–Crippen LogP) is 2.76. The normalized spacial score (nSPS) is 25.8. The summed E-state index contributed by atoms with van der Waals surface area (Å²) < 4.78 is 5.58. The first-order valence-corrected chi connectivity index (χ1v) is 8.40. The Kier molecular flexibility index (Phi) is 5.49. The first kappa shape index (κ1) is 16.3. The van der Waals surface area contributed by atoms with Gasteiger partial charge in [-0.05, 0) is 62.6 Å². The minimum atomic E-state index is 0.446. The lowest BCUT2D eigenvalue weighted by atomic mass is 9.74. The van der Waals surface area contributed by atoms with Crippen molar-refractivity contribution in [3.05, 3.63) is 0 Å². The van der Waals surface area contributed by atoms with Gasteiger partial charge in [0.15, 0.2) is 0 Å². The molecule has 0 aromatic heterocycles. The summed E-state index contributed by atoms with van der Waals surface area (Å²) in [4.78, 5) is 2.71. The molecule has 2 aliphatic heterocycles. The van der Waals surface area contributed by atoms with Crippen LogP contribution in [0.25, 0.3) is 0 Å². The second-order valence-corrected chi connectivity index (χ2v) is 8.06. The van der Waals surface area contributed by atoms with Crippen LogP contribution in [0.15, 0.2) is 0 Å². The summed E-state index contributed by atoms with van der Waals surface area (Å²) in [6, 6.07) is 0. The van der Waals surface area contributed by atoms with Gasteiger partial charge in [-0.15, -0.1) is 0 Å². The Morgan fingerprint density at radius 2 is 1.75 bits per heavy atom. The van der Waals surface area contributed by atoms with E-state index in [-0.39, 0.29) is 0 Å². The van der Waals surface area contributed by atoms with Crippen molar-refractivity contribution in [2.24, 2.45) is 16.7 Å². The van der Waals surface area contributed by atoms with Crippen molar-refractivity contribution in [2.45, 2.75) is 46.5 Å². The van der Waals surface area contributed by atoms with E-state index in [4.69, 9.17) is 4.74 Å². The average molecular weight is 282 g/mol. The molecular formula is C17H34N2O. The SMILES string of the molecule is CNCC1(CN2CCC(C(C)(C)C)CC2)CCOCC1. The molecule has 0 aromatic rings. The number of rotatable bonds is 4. The first-order valence-electron chi connectivity index (χ1n) is 8.40. The molecule has 2 fully saturated rings. The third kappa shape index (κ3) is 4.19. The van der Waals surface area contributed by atoms with Gasteiger partial charge in [0.1, 0.15) is 0 Å². The Hall–Kier alpha value is -0.120. The zero-order chi connectivity index (χ0) is 14.6. The molecule has 2 aliphatic rings. The summed E-state index contributed by atoms with van der Waals surface area (Å²) in [5.41, 5.74) is 0.926. The maximum Gasteiger partial charge on any atom is 0.0472 e. The minimum Gasteiger partial charge on any atom is -0.381 e. The Bertz CT molecular complexity index is 278. The third-order valence-electron chi connectivity index (χ3n) is 5.48. The van der Waals surface area contributed by atoms with Crippen molar-refractivity contribution in [3.8, 4) is 0 Å². The van der Waals surface area contributed by atoms with Gasteiger partial charge in [0, 0.05) is 26.3 Å². The maximum atomic E-state index is 5.58. The number of nitrogens with zero attached hydrogens (tertiary/aromatic N) is 1. The number of hydrogen-bond donors (Lipinski definition) is 1. The molecule has 3 heteroatoms. The zero-order valence-corrected chi connectivity index (χ0v) is 14.0. The summed E-state index contributed by atoms with van der Waals surface area (Å²) in [6.07, 6.45) is 5.17. The number of hydrogen-bond acceptors (Lipinski definition) is 3. The van der Waals surface area contributed by atoms with Crippen molar-refractivity contribution >= 4 is 0 Å². The monoisotopic (exact) mass is 282 g/mol. The summed E-state index contributed by atoms with van der Waals surface area (Å²) in [7, 11) is 2.09. The Morgan fingerprint density at radius 1 is 1.15 bits per heavy atom. The van der Waals surface area contributed by atoms with Crippen LogP contribution in [0.5, 0.6) is 0 Å². The van der Waals surface area contributed by atoms with E-state index in [2.05, 4.69) is 38.0 Å². The Morgan fingerprint density at radius 3 is 2.25 bits per heavy atom. The largest absolute Gasteiger partial charge is 0.381 e. The van der Waals surface area contributed by atoms with Crippen molar-refractivity contribution < 1.29 is 4.74 Å². The first-order chi connectivity index (χ1) is 9.45. The molecule has 2 heterocycles. The molecule has 0 aromatic carbocycles. The fourth-order valence-electron chi connectivity index (χ4n) is 4.00. The third-order valence-corrected chi connectivity index (χ3v) is 5.48. The highest BCUT2D eigenvalue weighted by Crippen LogP contribution is 2.36. The Balaban J connectivity index is 1.86. The number of piperidine rings is 1. The summed E-state index contributed by atoms with van der Waals surface area (Å²) in [5, 5.41) is 3.42. The molecular weight excluding hydrogens is 248 g/mol. The van der Waals surface area contributed by atoms with Crippen molar-refractivity contribution in [1.82, 2.24) is 10.2 Å². The summed E-state index contributed by atoms with van der Waals surface area (Å²) in [6.45, 7) is 14.0. The van der Waals surface area contributed by atoms with Crippen LogP contribution >= 0.6 is 0 Å². The van der Waals surface area contributed by atoms with Gasteiger partial charge in [-0.1, -0.05) is 20.8 Å². The van der Waals surface area contributed by atoms with Gasteiger partial charge in [0.25, 0.3) is 0 Å². The van der Waals surface area contributed by atoms with E-state index in [1.54, 1.807) is 0 Å². The fraction of sp³-hybridized carbons (Fsp3) is 1.00. The standard InChI is InChI=1S/C17H34N2O/c1-16(2,3)15-5-9-19(10-6-15)14-17(13-18-4)7-11-20-12-8-17/h15,18H,5-14H2,1-4H3. The van der Waals surface area contributed by atoms with Crippen LogP contribution in [0.1, 0.15) is 46.5 Å². The predicted molar refractivity (Wildman–Crippen MR) is 85.0 cm³/mol. The second kappa shape index (κ2) is 6.76. The molecule has 0 atom stereocenters. The molecule has 118 valence electrons. The number of nitrogens with one attached hydrogen (secondary N) is 1. The van der Waals surface area contributed by atoms with E-state index in [9.17, 15) is 0 Å². The molecule has 3 nitrogen and oxygen atoms in total. The molecule has 2 rings (SSSR count). The van der Waals surface area contributed by atoms with E-state index >= 15 is 0 Å². The lowest BCUT2D eigenvalue weighted by molar-refractivity contribution is -0.0126. The quantitative estimate of drug-likeness (QED) is 0.858. The van der Waals surface area contributed by atoms with Crippen LogP contribution in [-0.2, 0) is 4.74 Å². The smallest absolute Gasteiger partial charge is 0.0472 e. The molecule has 20 heavy (non-hydrogen) atoms. The molecule has 0 saturated carbocycles. The highest BCUT2D eigenvalue weighted by atomic mass is 16.5. The summed E-state index contributed by atoms with van der Waals surface area (Å²) in [5.74, 6) is 0.897. The molecule has 0 spiro atoms. The van der Waals surface area contributed by atoms with Crippen LogP contribution in [0.3, 0.4) is 0 Å². The molecule has 2 saturated heterocycles. The topological polar surface area (TPSA) is 24.5 Å². The van der Waals surface area contributed by atoms with Crippen LogP contribution in [0.4, 0.5) is 0 Å². The molecule has 0 unspecified atom stereocenters. The molecule has 0 bridgehead atoms. The highest BCUT2D eigenvalue weighted by molar-refractivity contribution is 4.89. The van der Waals surface area contributed by atoms with Crippen LogP contribution in [0, 0.1) is 16.7 Å². The van der Waals surface area contributed by atoms with E-state index in [0.29, 0.717) is 10.8 Å². The van der Waals surface area contributed by atoms with Crippen LogP contribution in [-0.4, -0.2) is 51.3 Å². The highest BCUT2D eigenvalue weighted by Gasteiger charge is 2.36. The fourth-order valence-corrected chi connectivity index (χ4v) is 4.00. The maximum absolute atomic E-state index is 5.58. The van der Waals surface area contributed by atoms with Gasteiger partial charge in [0.05, 0.1) is 0 Å². The lowest BCUT2D eigenvalue weighted by Crippen LogP contribution is -2.49. The number of ether oxygens (including phenoxy) is 1. The average Bonchev–Trinajstić information content (AvgIpc) is 2.39. The minimum absolute atomic E-state index is 0.446. The molecule has 0 aliphatic carbocycles. The van der Waals surface area contributed by atoms with Gasteiger partial charge in [-0.25, -0.2) is 0 Å². The van der Waals surface area contributed by atoms with Gasteiger partial charge in [-0.3, -0.25) is 0 Å². The summed E-state index contributed by atoms with van der Waals surface area (Å²) >= 11 is 0. The van der Waals surface area contributed by atoms with Crippen molar-refractivity contribution in [3.63, 3.8) is 0 Å². The van der Waals surface area contributed by atoms with E-state index in [0.717, 1.165) is 25.7 Å². The van der Waals surface area contributed by atoms with Gasteiger partial charge in [-0.2, -0.15) is 0 Å². The zero-order valence-electron chi connectivity index (χ0n) is 14.0. The molecule has 1 N–H and O–H groups in total. The van der Waals surface area contributed by atoms with Crippen LogP contribution < -0.4 is 5.32 Å². The van der Waals surface area contributed by atoms with E-state index in [1.165, 1.54) is 45.3 Å². The molecule has 0 radical (unpaired) electrons. The Labute approximate surface area is 125 Å². The second-order valence-electron chi connectivity index (χ2n) is 8.06.